The summed E-state index contributed by atoms with van der Waals surface area (Å²) in [5.74, 6) is 0.102. The number of rotatable bonds is 2. The van der Waals surface area contributed by atoms with Gasteiger partial charge in [-0.15, -0.1) is 0 Å². The van der Waals surface area contributed by atoms with Crippen molar-refractivity contribution in [1.29, 1.82) is 0 Å². The van der Waals surface area contributed by atoms with Crippen LogP contribution in [-0.4, -0.2) is 17.4 Å². The molecule has 2 N–H and O–H groups in total. The quantitative estimate of drug-likeness (QED) is 0.835. The van der Waals surface area contributed by atoms with Crippen LogP contribution in [0.25, 0.3) is 0 Å². The zero-order valence-electron chi connectivity index (χ0n) is 10.7. The first-order valence-corrected chi connectivity index (χ1v) is 6.46. The number of anilines is 1. The van der Waals surface area contributed by atoms with Gasteiger partial charge in [0.05, 0.1) is 0 Å². The highest BCUT2D eigenvalue weighted by Gasteiger charge is 2.23. The van der Waals surface area contributed by atoms with Crippen molar-refractivity contribution in [2.75, 3.05) is 12.3 Å². The minimum Gasteiger partial charge on any atom is -0.398 e. The van der Waals surface area contributed by atoms with Crippen molar-refractivity contribution < 1.29 is 4.79 Å². The van der Waals surface area contributed by atoms with Crippen molar-refractivity contribution >= 4 is 11.6 Å². The zero-order chi connectivity index (χ0) is 13.2. The summed E-state index contributed by atoms with van der Waals surface area (Å²) in [6, 6.07) is 15.5. The van der Waals surface area contributed by atoms with E-state index in [4.69, 9.17) is 5.73 Å². The highest BCUT2D eigenvalue weighted by molar-refractivity contribution is 5.96. The van der Waals surface area contributed by atoms with E-state index in [9.17, 15) is 4.79 Å². The second kappa shape index (κ2) is 4.76. The first-order valence-electron chi connectivity index (χ1n) is 6.46. The molecule has 1 aliphatic heterocycles. The van der Waals surface area contributed by atoms with Gasteiger partial charge in [0.25, 0.3) is 5.91 Å². The van der Waals surface area contributed by atoms with Crippen LogP contribution < -0.4 is 5.73 Å². The summed E-state index contributed by atoms with van der Waals surface area (Å²) in [6.45, 7) is 1.34. The lowest BCUT2D eigenvalue weighted by Crippen LogP contribution is -2.37. The molecule has 1 heterocycles. The molecule has 1 aliphatic rings. The number of carbonyl (C=O) groups is 1. The summed E-state index contributed by atoms with van der Waals surface area (Å²) in [5.41, 5.74) is 9.66. The van der Waals surface area contributed by atoms with E-state index in [0.717, 1.165) is 35.3 Å². The maximum Gasteiger partial charge on any atom is 0.254 e. The molecule has 0 spiro atoms. The Kier molecular flexibility index (Phi) is 2.95. The number of nitrogen functional groups attached to an aromatic ring is 1. The van der Waals surface area contributed by atoms with Gasteiger partial charge in [0.2, 0.25) is 0 Å². The van der Waals surface area contributed by atoms with Gasteiger partial charge in [-0.3, -0.25) is 4.79 Å². The maximum atomic E-state index is 12.4. The second-order valence-electron chi connectivity index (χ2n) is 4.83. The molecule has 0 fully saturated rings. The summed E-state index contributed by atoms with van der Waals surface area (Å²) in [7, 11) is 0. The van der Waals surface area contributed by atoms with Crippen molar-refractivity contribution in [3.63, 3.8) is 0 Å². The summed E-state index contributed by atoms with van der Waals surface area (Å²) < 4.78 is 0. The molecule has 3 heteroatoms. The third kappa shape index (κ3) is 2.19. The molecule has 2 aromatic rings. The molecule has 3 rings (SSSR count). The lowest BCUT2D eigenvalue weighted by Gasteiger charge is -2.29. The van der Waals surface area contributed by atoms with Crippen LogP contribution in [0.5, 0.6) is 0 Å². The third-order valence-corrected chi connectivity index (χ3v) is 3.60. The molecule has 0 aliphatic carbocycles. The van der Waals surface area contributed by atoms with E-state index >= 15 is 0 Å². The van der Waals surface area contributed by atoms with E-state index in [2.05, 4.69) is 0 Å². The number of nitrogens with zero attached hydrogens (tertiary/aromatic N) is 1. The lowest BCUT2D eigenvalue weighted by atomic mass is 9.98. The Morgan fingerprint density at radius 1 is 1.05 bits per heavy atom. The van der Waals surface area contributed by atoms with Gasteiger partial charge in [0, 0.05) is 24.3 Å². The monoisotopic (exact) mass is 252 g/mol. The van der Waals surface area contributed by atoms with E-state index in [1.807, 2.05) is 53.4 Å². The van der Waals surface area contributed by atoms with Crippen molar-refractivity contribution in [2.45, 2.75) is 13.0 Å². The Labute approximate surface area is 112 Å². The van der Waals surface area contributed by atoms with Gasteiger partial charge in [-0.1, -0.05) is 36.4 Å². The molecule has 0 atom stereocenters. The minimum atomic E-state index is 0.102. The largest absolute Gasteiger partial charge is 0.398 e. The summed E-state index contributed by atoms with van der Waals surface area (Å²) in [4.78, 5) is 14.3. The Balaban J connectivity index is 1.85. The van der Waals surface area contributed by atoms with E-state index in [-0.39, 0.29) is 5.91 Å². The predicted octanol–water partition coefficient (Wildman–Crippen LogP) is 2.47. The number of carbonyl (C=O) groups excluding carboxylic acids is 1. The van der Waals surface area contributed by atoms with E-state index in [1.165, 1.54) is 0 Å². The van der Waals surface area contributed by atoms with Crippen LogP contribution >= 0.6 is 0 Å². The van der Waals surface area contributed by atoms with Crippen LogP contribution in [0, 0.1) is 0 Å². The highest BCUT2D eigenvalue weighted by Crippen LogP contribution is 2.21. The van der Waals surface area contributed by atoms with Gasteiger partial charge in [0.15, 0.2) is 0 Å². The molecule has 0 saturated heterocycles. The van der Waals surface area contributed by atoms with Crippen LogP contribution in [-0.2, 0) is 13.0 Å². The van der Waals surface area contributed by atoms with Crippen LogP contribution in [0.1, 0.15) is 21.5 Å². The number of hydrogen-bond acceptors (Lipinski definition) is 2. The standard InChI is InChI=1S/C16H16N2O/c17-15-8-4-2-6-13(15)11-18-10-9-12-5-1-3-7-14(12)16(18)19/h1-8H,9-11,17H2. The molecule has 1 amide bonds. The van der Waals surface area contributed by atoms with Crippen LogP contribution in [0.2, 0.25) is 0 Å². The molecule has 0 unspecified atom stereocenters. The fraction of sp³-hybridized carbons (Fsp3) is 0.188. The Morgan fingerprint density at radius 2 is 1.79 bits per heavy atom. The molecule has 2 aromatic carbocycles. The molecule has 19 heavy (non-hydrogen) atoms. The minimum absolute atomic E-state index is 0.102. The normalized spacial score (nSPS) is 14.3. The Bertz CT molecular complexity index is 622. The summed E-state index contributed by atoms with van der Waals surface area (Å²) in [6.07, 6.45) is 0.911. The van der Waals surface area contributed by atoms with Gasteiger partial charge >= 0.3 is 0 Å². The average molecular weight is 252 g/mol. The number of para-hydroxylation sites is 1. The van der Waals surface area contributed by atoms with E-state index < -0.39 is 0 Å². The molecule has 3 nitrogen and oxygen atoms in total. The molecule has 96 valence electrons. The van der Waals surface area contributed by atoms with Gasteiger partial charge in [-0.2, -0.15) is 0 Å². The van der Waals surface area contributed by atoms with Gasteiger partial charge in [0.1, 0.15) is 0 Å². The lowest BCUT2D eigenvalue weighted by molar-refractivity contribution is 0.0727. The van der Waals surface area contributed by atoms with Crippen molar-refractivity contribution in [2.24, 2.45) is 0 Å². The summed E-state index contributed by atoms with van der Waals surface area (Å²) >= 11 is 0. The van der Waals surface area contributed by atoms with Crippen molar-refractivity contribution in [3.05, 3.63) is 65.2 Å². The van der Waals surface area contributed by atoms with Crippen molar-refractivity contribution in [1.82, 2.24) is 4.90 Å². The third-order valence-electron chi connectivity index (χ3n) is 3.60. The fourth-order valence-electron chi connectivity index (χ4n) is 2.51. The molecule has 0 saturated carbocycles. The molecular formula is C16H16N2O. The summed E-state index contributed by atoms with van der Waals surface area (Å²) in [5, 5.41) is 0. The number of hydrogen-bond donors (Lipinski definition) is 1. The van der Waals surface area contributed by atoms with Crippen LogP contribution in [0.3, 0.4) is 0 Å². The van der Waals surface area contributed by atoms with E-state index in [1.54, 1.807) is 0 Å². The first kappa shape index (κ1) is 11.8. The maximum absolute atomic E-state index is 12.4. The van der Waals surface area contributed by atoms with Gasteiger partial charge in [-0.05, 0) is 29.7 Å². The van der Waals surface area contributed by atoms with Crippen LogP contribution in [0.4, 0.5) is 5.69 Å². The topological polar surface area (TPSA) is 46.3 Å². The smallest absolute Gasteiger partial charge is 0.254 e. The number of nitrogens with two attached hydrogens (primary N) is 1. The van der Waals surface area contributed by atoms with Gasteiger partial charge in [-0.25, -0.2) is 0 Å². The number of amides is 1. The van der Waals surface area contributed by atoms with Crippen LogP contribution in [0.15, 0.2) is 48.5 Å². The number of benzene rings is 2. The molecular weight excluding hydrogens is 236 g/mol. The molecule has 0 bridgehead atoms. The van der Waals surface area contributed by atoms with Crippen molar-refractivity contribution in [3.8, 4) is 0 Å². The first-order chi connectivity index (χ1) is 9.25. The SMILES string of the molecule is Nc1ccccc1CN1CCc2ccccc2C1=O. The Morgan fingerprint density at radius 3 is 2.63 bits per heavy atom. The zero-order valence-corrected chi connectivity index (χ0v) is 10.7. The van der Waals surface area contributed by atoms with E-state index in [0.29, 0.717) is 6.54 Å². The van der Waals surface area contributed by atoms with Gasteiger partial charge < -0.3 is 10.6 Å². The predicted molar refractivity (Wildman–Crippen MR) is 75.7 cm³/mol. The second-order valence-corrected chi connectivity index (χ2v) is 4.83. The molecule has 0 radical (unpaired) electrons. The molecule has 0 aromatic heterocycles. The number of fused-ring (bicyclic) bond motifs is 1. The fourth-order valence-corrected chi connectivity index (χ4v) is 2.51. The average Bonchev–Trinajstić information content (AvgIpc) is 2.44. The highest BCUT2D eigenvalue weighted by atomic mass is 16.2. The Hall–Kier alpha value is -2.29.